The molecule has 4 aromatic rings. The number of nitriles is 1. The maximum Gasteiger partial charge on any atom is 0.229 e. The smallest absolute Gasteiger partial charge is 0.229 e. The molecule has 0 bridgehead atoms. The monoisotopic (exact) mass is 464 g/mol. The number of thioether (sulfide) groups is 1. The summed E-state index contributed by atoms with van der Waals surface area (Å²) in [5.74, 6) is -0.0829. The number of fused-ring (bicyclic) bond motifs is 3. The highest BCUT2D eigenvalue weighted by Gasteiger charge is 2.21. The molecule has 9 heteroatoms. The molecular weight excluding hydrogens is 444 g/mol. The number of hydrogen-bond donors (Lipinski definition) is 1. The van der Waals surface area contributed by atoms with Crippen LogP contribution < -0.4 is 4.72 Å². The second-order valence-electron chi connectivity index (χ2n) is 7.49. The van der Waals surface area contributed by atoms with Crippen LogP contribution in [-0.4, -0.2) is 35.1 Å². The molecule has 2 aromatic heterocycles. The first kappa shape index (κ1) is 21.9. The summed E-state index contributed by atoms with van der Waals surface area (Å²) in [7, 11) is -3.38. The maximum absolute atomic E-state index is 13.1. The van der Waals surface area contributed by atoms with E-state index in [0.29, 0.717) is 22.5 Å². The second kappa shape index (κ2) is 8.30. The number of carbonyl (C=O) groups excluding carboxylic acids is 1. The summed E-state index contributed by atoms with van der Waals surface area (Å²) in [6.07, 6.45) is 1.07. The van der Waals surface area contributed by atoms with Crippen molar-refractivity contribution in [2.75, 3.05) is 11.0 Å². The van der Waals surface area contributed by atoms with Crippen molar-refractivity contribution in [3.05, 3.63) is 71.3 Å². The number of imidazole rings is 1. The van der Waals surface area contributed by atoms with Crippen molar-refractivity contribution in [1.29, 1.82) is 5.26 Å². The summed E-state index contributed by atoms with van der Waals surface area (Å²) in [4.78, 5) is 17.7. The predicted molar refractivity (Wildman–Crippen MR) is 127 cm³/mol. The molecule has 2 aromatic carbocycles. The van der Waals surface area contributed by atoms with E-state index in [1.54, 1.807) is 24.3 Å². The minimum atomic E-state index is -3.38. The minimum Gasteiger partial charge on any atom is -0.293 e. The Kier molecular flexibility index (Phi) is 5.67. The Morgan fingerprint density at radius 3 is 2.53 bits per heavy atom. The molecule has 0 saturated carbocycles. The van der Waals surface area contributed by atoms with Crippen molar-refractivity contribution in [2.24, 2.45) is 0 Å². The van der Waals surface area contributed by atoms with Crippen LogP contribution in [0.3, 0.4) is 0 Å². The lowest BCUT2D eigenvalue weighted by molar-refractivity contribution is 0.0994. The molecule has 0 aliphatic rings. The SMILES string of the molecule is Cc1cc(S[C@H](C)C(=O)c2ccc(NS(C)(=O)=O)cc2)n2c(nc3ccccc32)c1C#N. The van der Waals surface area contributed by atoms with Crippen molar-refractivity contribution in [3.8, 4) is 6.07 Å². The van der Waals surface area contributed by atoms with Crippen molar-refractivity contribution >= 4 is 49.9 Å². The number of hydrogen-bond acceptors (Lipinski definition) is 6. The molecule has 0 fully saturated rings. The van der Waals surface area contributed by atoms with Crippen LogP contribution in [0.15, 0.2) is 59.6 Å². The molecule has 0 aliphatic carbocycles. The van der Waals surface area contributed by atoms with E-state index in [2.05, 4.69) is 15.8 Å². The Morgan fingerprint density at radius 1 is 1.19 bits per heavy atom. The van der Waals surface area contributed by atoms with Gasteiger partial charge in [-0.1, -0.05) is 23.9 Å². The Hall–Kier alpha value is -3.35. The predicted octanol–water partition coefficient (Wildman–Crippen LogP) is 4.40. The van der Waals surface area contributed by atoms with Crippen LogP contribution in [0.5, 0.6) is 0 Å². The summed E-state index contributed by atoms with van der Waals surface area (Å²) in [5.41, 5.74) is 4.43. The summed E-state index contributed by atoms with van der Waals surface area (Å²) in [5, 5.41) is 10.0. The van der Waals surface area contributed by atoms with Gasteiger partial charge in [0.2, 0.25) is 10.0 Å². The first-order chi connectivity index (χ1) is 15.2. The molecule has 162 valence electrons. The standard InChI is InChI=1S/C23H20N4O3S2/c1-14-12-21(27-20-7-5-4-6-19(20)25-23(27)18(14)13-24)31-15(2)22(28)16-8-10-17(11-9-16)26-32(3,29)30/h4-12,15,26H,1-3H3/t15-/m1/s1. The highest BCUT2D eigenvalue weighted by atomic mass is 32.2. The fourth-order valence-corrected chi connectivity index (χ4v) is 5.23. The van der Waals surface area contributed by atoms with Crippen LogP contribution in [0.4, 0.5) is 5.69 Å². The Labute approximate surface area is 190 Å². The first-order valence-corrected chi connectivity index (χ1v) is 12.5. The third-order valence-electron chi connectivity index (χ3n) is 4.99. The molecule has 2 heterocycles. The molecule has 0 radical (unpaired) electrons. The van der Waals surface area contributed by atoms with Crippen LogP contribution in [-0.2, 0) is 10.0 Å². The van der Waals surface area contributed by atoms with Gasteiger partial charge in [-0.05, 0) is 61.9 Å². The zero-order valence-electron chi connectivity index (χ0n) is 17.7. The van der Waals surface area contributed by atoms with Crippen LogP contribution in [0.1, 0.15) is 28.4 Å². The van der Waals surface area contributed by atoms with Gasteiger partial charge in [-0.3, -0.25) is 13.9 Å². The Bertz CT molecular complexity index is 1500. The van der Waals surface area contributed by atoms with E-state index in [-0.39, 0.29) is 5.78 Å². The van der Waals surface area contributed by atoms with E-state index in [4.69, 9.17) is 0 Å². The largest absolute Gasteiger partial charge is 0.293 e. The number of pyridine rings is 1. The van der Waals surface area contributed by atoms with Crippen molar-refractivity contribution in [1.82, 2.24) is 9.38 Å². The number of aromatic nitrogens is 2. The van der Waals surface area contributed by atoms with Gasteiger partial charge in [0.05, 0.1) is 33.1 Å². The summed E-state index contributed by atoms with van der Waals surface area (Å²) >= 11 is 1.40. The second-order valence-corrected chi connectivity index (χ2v) is 10.6. The number of benzene rings is 2. The Balaban J connectivity index is 1.69. The number of anilines is 1. The zero-order valence-corrected chi connectivity index (χ0v) is 19.3. The molecule has 7 nitrogen and oxygen atoms in total. The fraction of sp³-hybridized carbons (Fsp3) is 0.174. The van der Waals surface area contributed by atoms with Gasteiger partial charge < -0.3 is 0 Å². The average Bonchev–Trinajstić information content (AvgIpc) is 3.12. The Morgan fingerprint density at radius 2 is 1.88 bits per heavy atom. The van der Waals surface area contributed by atoms with Crippen molar-refractivity contribution in [2.45, 2.75) is 24.1 Å². The van der Waals surface area contributed by atoms with Crippen LogP contribution in [0, 0.1) is 18.3 Å². The van der Waals surface area contributed by atoms with E-state index < -0.39 is 15.3 Å². The van der Waals surface area contributed by atoms with Crippen LogP contribution in [0.2, 0.25) is 0 Å². The highest BCUT2D eigenvalue weighted by molar-refractivity contribution is 8.00. The van der Waals surface area contributed by atoms with E-state index in [1.165, 1.54) is 11.8 Å². The quantitative estimate of drug-likeness (QED) is 0.335. The van der Waals surface area contributed by atoms with Gasteiger partial charge in [0.25, 0.3) is 0 Å². The lowest BCUT2D eigenvalue weighted by atomic mass is 10.1. The number of ketones is 1. The van der Waals surface area contributed by atoms with Crippen molar-refractivity contribution in [3.63, 3.8) is 0 Å². The van der Waals surface area contributed by atoms with Gasteiger partial charge >= 0.3 is 0 Å². The number of rotatable bonds is 6. The number of para-hydroxylation sites is 2. The van der Waals surface area contributed by atoms with Gasteiger partial charge in [0, 0.05) is 11.3 Å². The minimum absolute atomic E-state index is 0.0829. The summed E-state index contributed by atoms with van der Waals surface area (Å²) in [6, 6.07) is 18.2. The molecule has 32 heavy (non-hydrogen) atoms. The maximum atomic E-state index is 13.1. The number of carbonyl (C=O) groups is 1. The molecule has 1 atom stereocenters. The number of aryl methyl sites for hydroxylation is 1. The lowest BCUT2D eigenvalue weighted by Crippen LogP contribution is -2.15. The molecule has 0 spiro atoms. The van der Waals surface area contributed by atoms with Crippen LogP contribution >= 0.6 is 11.8 Å². The van der Waals surface area contributed by atoms with E-state index in [9.17, 15) is 18.5 Å². The molecule has 0 aliphatic heterocycles. The summed E-state index contributed by atoms with van der Waals surface area (Å²) in [6.45, 7) is 3.69. The van der Waals surface area contributed by atoms with Gasteiger partial charge in [-0.25, -0.2) is 13.4 Å². The van der Waals surface area contributed by atoms with Crippen LogP contribution in [0.25, 0.3) is 16.7 Å². The molecule has 0 unspecified atom stereocenters. The van der Waals surface area contributed by atoms with E-state index in [1.807, 2.05) is 48.6 Å². The zero-order chi connectivity index (χ0) is 23.0. The lowest BCUT2D eigenvalue weighted by Gasteiger charge is -2.14. The van der Waals surface area contributed by atoms with E-state index >= 15 is 0 Å². The highest BCUT2D eigenvalue weighted by Crippen LogP contribution is 2.32. The number of sulfonamides is 1. The molecule has 0 amide bonds. The van der Waals surface area contributed by atoms with Crippen molar-refractivity contribution < 1.29 is 13.2 Å². The van der Waals surface area contributed by atoms with Gasteiger partial charge in [0.1, 0.15) is 6.07 Å². The topological polar surface area (TPSA) is 104 Å². The van der Waals surface area contributed by atoms with E-state index in [0.717, 1.165) is 27.9 Å². The number of nitrogens with one attached hydrogen (secondary N) is 1. The summed E-state index contributed by atoms with van der Waals surface area (Å²) < 4.78 is 27.1. The first-order valence-electron chi connectivity index (χ1n) is 9.77. The molecular formula is C23H20N4O3S2. The van der Waals surface area contributed by atoms with Gasteiger partial charge in [-0.2, -0.15) is 5.26 Å². The van der Waals surface area contributed by atoms with Gasteiger partial charge in [0.15, 0.2) is 11.4 Å². The van der Waals surface area contributed by atoms with Gasteiger partial charge in [-0.15, -0.1) is 0 Å². The number of nitrogens with zero attached hydrogens (tertiary/aromatic N) is 3. The number of Topliss-reactive ketones (excluding diaryl/α,β-unsaturated/α-hetero) is 1. The fourth-order valence-electron chi connectivity index (χ4n) is 3.53. The molecule has 0 saturated heterocycles. The molecule has 1 N–H and O–H groups in total. The third kappa shape index (κ3) is 4.20. The normalized spacial score (nSPS) is 12.6. The molecule has 4 rings (SSSR count). The average molecular weight is 465 g/mol. The third-order valence-corrected chi connectivity index (χ3v) is 6.71.